The first-order chi connectivity index (χ1) is 9.03. The van der Waals surface area contributed by atoms with Gasteiger partial charge in [-0.15, -0.1) is 0 Å². The van der Waals surface area contributed by atoms with Gasteiger partial charge >= 0.3 is 6.18 Å². The van der Waals surface area contributed by atoms with Crippen LogP contribution in [0.3, 0.4) is 0 Å². The zero-order valence-corrected chi connectivity index (χ0v) is 10.8. The molecular formula is C13H18F3NO2. The first kappa shape index (κ1) is 15.8. The topological polar surface area (TPSA) is 30.5 Å². The molecule has 0 aliphatic heterocycles. The summed E-state index contributed by atoms with van der Waals surface area (Å²) in [5.74, 6) is 0.817. The summed E-state index contributed by atoms with van der Waals surface area (Å²) < 4.78 is 45.0. The summed E-state index contributed by atoms with van der Waals surface area (Å²) in [5, 5.41) is 3.02. The van der Waals surface area contributed by atoms with Gasteiger partial charge in [-0.1, -0.05) is 18.2 Å². The summed E-state index contributed by atoms with van der Waals surface area (Å²) in [6, 6.07) is 7.65. The molecule has 0 aliphatic carbocycles. The Morgan fingerprint density at radius 2 is 1.89 bits per heavy atom. The van der Waals surface area contributed by atoms with Crippen molar-refractivity contribution in [3.05, 3.63) is 29.8 Å². The molecule has 1 rings (SSSR count). The molecule has 0 saturated carbocycles. The number of alkyl halides is 3. The first-order valence-corrected chi connectivity index (χ1v) is 6.00. The van der Waals surface area contributed by atoms with Gasteiger partial charge in [-0.05, 0) is 24.6 Å². The number of halogens is 3. The Morgan fingerprint density at radius 1 is 1.16 bits per heavy atom. The van der Waals surface area contributed by atoms with Crippen molar-refractivity contribution >= 4 is 0 Å². The second-order valence-corrected chi connectivity index (χ2v) is 3.98. The van der Waals surface area contributed by atoms with Crippen LogP contribution in [-0.2, 0) is 11.2 Å². The van der Waals surface area contributed by atoms with E-state index in [9.17, 15) is 13.2 Å². The first-order valence-electron chi connectivity index (χ1n) is 6.00. The van der Waals surface area contributed by atoms with E-state index < -0.39 is 12.8 Å². The minimum atomic E-state index is -4.25. The van der Waals surface area contributed by atoms with Crippen molar-refractivity contribution in [3.8, 4) is 5.75 Å². The third-order valence-corrected chi connectivity index (χ3v) is 2.45. The molecule has 1 N–H and O–H groups in total. The monoisotopic (exact) mass is 277 g/mol. The molecular weight excluding hydrogens is 259 g/mol. The number of para-hydroxylation sites is 1. The summed E-state index contributed by atoms with van der Waals surface area (Å²) in [7, 11) is 1.61. The number of methoxy groups -OCH3 is 1. The van der Waals surface area contributed by atoms with E-state index in [1.807, 2.05) is 24.3 Å². The van der Waals surface area contributed by atoms with Crippen molar-refractivity contribution < 1.29 is 22.6 Å². The quantitative estimate of drug-likeness (QED) is 0.740. The minimum Gasteiger partial charge on any atom is -0.496 e. The van der Waals surface area contributed by atoms with E-state index in [1.165, 1.54) is 0 Å². The maximum absolute atomic E-state index is 11.8. The Labute approximate surface area is 110 Å². The number of hydrogen-bond acceptors (Lipinski definition) is 3. The van der Waals surface area contributed by atoms with Crippen molar-refractivity contribution in [3.63, 3.8) is 0 Å². The number of nitrogens with one attached hydrogen (secondary N) is 1. The van der Waals surface area contributed by atoms with Crippen LogP contribution in [-0.4, -0.2) is 39.6 Å². The van der Waals surface area contributed by atoms with Gasteiger partial charge in [0.2, 0.25) is 0 Å². The number of hydrogen-bond donors (Lipinski definition) is 1. The van der Waals surface area contributed by atoms with Crippen molar-refractivity contribution in [2.75, 3.05) is 33.4 Å². The molecule has 0 saturated heterocycles. The highest BCUT2D eigenvalue weighted by molar-refractivity contribution is 5.33. The lowest BCUT2D eigenvalue weighted by Gasteiger charge is -2.10. The van der Waals surface area contributed by atoms with Crippen LogP contribution in [0.25, 0.3) is 0 Å². The Hall–Kier alpha value is -1.27. The normalized spacial score (nSPS) is 11.6. The van der Waals surface area contributed by atoms with Crippen LogP contribution >= 0.6 is 0 Å². The lowest BCUT2D eigenvalue weighted by molar-refractivity contribution is -0.173. The average Bonchev–Trinajstić information content (AvgIpc) is 2.37. The van der Waals surface area contributed by atoms with Gasteiger partial charge in [-0.3, -0.25) is 0 Å². The number of rotatable bonds is 8. The summed E-state index contributed by atoms with van der Waals surface area (Å²) in [6.45, 7) is -0.0897. The fourth-order valence-corrected chi connectivity index (χ4v) is 1.59. The predicted octanol–water partition coefficient (Wildman–Crippen LogP) is 2.41. The highest BCUT2D eigenvalue weighted by Gasteiger charge is 2.27. The predicted molar refractivity (Wildman–Crippen MR) is 66.4 cm³/mol. The molecule has 6 heteroatoms. The van der Waals surface area contributed by atoms with E-state index in [0.29, 0.717) is 13.1 Å². The van der Waals surface area contributed by atoms with E-state index in [2.05, 4.69) is 10.1 Å². The SMILES string of the molecule is COc1ccccc1CCNCCOCC(F)(F)F. The van der Waals surface area contributed by atoms with Crippen molar-refractivity contribution in [1.82, 2.24) is 5.32 Å². The molecule has 0 spiro atoms. The third-order valence-electron chi connectivity index (χ3n) is 2.45. The van der Waals surface area contributed by atoms with E-state index in [1.54, 1.807) is 7.11 Å². The zero-order chi connectivity index (χ0) is 14.1. The molecule has 1 aromatic carbocycles. The van der Waals surface area contributed by atoms with Crippen molar-refractivity contribution in [2.24, 2.45) is 0 Å². The highest BCUT2D eigenvalue weighted by Crippen LogP contribution is 2.17. The molecule has 1 aromatic rings. The van der Waals surface area contributed by atoms with Gasteiger partial charge in [0.25, 0.3) is 0 Å². The molecule has 0 bridgehead atoms. The van der Waals surface area contributed by atoms with Gasteiger partial charge in [0.1, 0.15) is 12.4 Å². The van der Waals surface area contributed by atoms with Gasteiger partial charge in [0.05, 0.1) is 13.7 Å². The van der Waals surface area contributed by atoms with Crippen LogP contribution in [0.1, 0.15) is 5.56 Å². The lowest BCUT2D eigenvalue weighted by atomic mass is 10.1. The number of benzene rings is 1. The maximum Gasteiger partial charge on any atom is 0.411 e. The molecule has 108 valence electrons. The Balaban J connectivity index is 2.11. The molecule has 19 heavy (non-hydrogen) atoms. The van der Waals surface area contributed by atoms with Gasteiger partial charge in [-0.2, -0.15) is 13.2 Å². The van der Waals surface area contributed by atoms with Crippen LogP contribution in [0.15, 0.2) is 24.3 Å². The van der Waals surface area contributed by atoms with Crippen LogP contribution in [0.2, 0.25) is 0 Å². The average molecular weight is 277 g/mol. The molecule has 3 nitrogen and oxygen atoms in total. The fraction of sp³-hybridized carbons (Fsp3) is 0.538. The van der Waals surface area contributed by atoms with Gasteiger partial charge in [0.15, 0.2) is 0 Å². The second-order valence-electron chi connectivity index (χ2n) is 3.98. The largest absolute Gasteiger partial charge is 0.496 e. The second kappa shape index (κ2) is 8.01. The summed E-state index contributed by atoms with van der Waals surface area (Å²) in [4.78, 5) is 0. The molecule has 0 radical (unpaired) electrons. The molecule has 0 unspecified atom stereocenters. The van der Waals surface area contributed by atoms with E-state index in [0.717, 1.165) is 17.7 Å². The standard InChI is InChI=1S/C13H18F3NO2/c1-18-12-5-3-2-4-11(12)6-7-17-8-9-19-10-13(14,15)16/h2-5,17H,6-10H2,1H3. The van der Waals surface area contributed by atoms with Gasteiger partial charge in [-0.25, -0.2) is 0 Å². The van der Waals surface area contributed by atoms with E-state index in [-0.39, 0.29) is 6.61 Å². The molecule has 0 fully saturated rings. The maximum atomic E-state index is 11.8. The van der Waals surface area contributed by atoms with E-state index >= 15 is 0 Å². The molecule has 0 aromatic heterocycles. The summed E-state index contributed by atoms with van der Waals surface area (Å²) in [5.41, 5.74) is 1.06. The Morgan fingerprint density at radius 3 is 2.58 bits per heavy atom. The van der Waals surface area contributed by atoms with Gasteiger partial charge < -0.3 is 14.8 Å². The minimum absolute atomic E-state index is 0.0471. The Kier molecular flexibility index (Phi) is 6.66. The smallest absolute Gasteiger partial charge is 0.411 e. The fourth-order valence-electron chi connectivity index (χ4n) is 1.59. The lowest BCUT2D eigenvalue weighted by Crippen LogP contribution is -2.25. The summed E-state index contributed by atoms with van der Waals surface area (Å²) >= 11 is 0. The Bertz CT molecular complexity index is 369. The van der Waals surface area contributed by atoms with Crippen LogP contribution < -0.4 is 10.1 Å². The molecule has 0 heterocycles. The van der Waals surface area contributed by atoms with Crippen molar-refractivity contribution in [1.29, 1.82) is 0 Å². The molecule has 0 atom stereocenters. The number of ether oxygens (including phenoxy) is 2. The molecule has 0 aliphatic rings. The van der Waals surface area contributed by atoms with Crippen LogP contribution in [0, 0.1) is 0 Å². The van der Waals surface area contributed by atoms with Crippen LogP contribution in [0.5, 0.6) is 5.75 Å². The molecule has 0 amide bonds. The highest BCUT2D eigenvalue weighted by atomic mass is 19.4. The zero-order valence-electron chi connectivity index (χ0n) is 10.8. The van der Waals surface area contributed by atoms with Gasteiger partial charge in [0, 0.05) is 6.54 Å². The van der Waals surface area contributed by atoms with Crippen molar-refractivity contribution in [2.45, 2.75) is 12.6 Å². The summed E-state index contributed by atoms with van der Waals surface area (Å²) in [6.07, 6.45) is -3.50. The van der Waals surface area contributed by atoms with E-state index in [4.69, 9.17) is 4.74 Å². The van der Waals surface area contributed by atoms with Crippen LogP contribution in [0.4, 0.5) is 13.2 Å². The third kappa shape index (κ3) is 7.03.